The highest BCUT2D eigenvalue weighted by molar-refractivity contribution is 5.52. The zero-order valence-corrected chi connectivity index (χ0v) is 16.2. The van der Waals surface area contributed by atoms with E-state index in [1.807, 2.05) is 25.1 Å². The van der Waals surface area contributed by atoms with Gasteiger partial charge in [0, 0.05) is 58.4 Å². The van der Waals surface area contributed by atoms with Crippen LogP contribution in [0.2, 0.25) is 0 Å². The third-order valence-corrected chi connectivity index (χ3v) is 5.43. The van der Waals surface area contributed by atoms with Crippen molar-refractivity contribution in [2.24, 2.45) is 7.05 Å². The second-order valence-corrected chi connectivity index (χ2v) is 7.64. The Morgan fingerprint density at radius 1 is 1.00 bits per heavy atom. The van der Waals surface area contributed by atoms with E-state index < -0.39 is 0 Å². The molecule has 27 heavy (non-hydrogen) atoms. The van der Waals surface area contributed by atoms with Gasteiger partial charge < -0.3 is 14.7 Å². The summed E-state index contributed by atoms with van der Waals surface area (Å²) in [5.74, 6) is 2.86. The van der Waals surface area contributed by atoms with Crippen LogP contribution >= 0.6 is 0 Å². The van der Waals surface area contributed by atoms with Crippen molar-refractivity contribution in [1.29, 1.82) is 0 Å². The third kappa shape index (κ3) is 3.74. The van der Waals surface area contributed by atoms with E-state index in [2.05, 4.69) is 30.9 Å². The molecule has 0 bridgehead atoms. The molecular formula is C19H27N7O. The van der Waals surface area contributed by atoms with E-state index in [0.29, 0.717) is 12.1 Å². The molecule has 1 saturated heterocycles. The van der Waals surface area contributed by atoms with Crippen molar-refractivity contribution in [1.82, 2.24) is 19.7 Å². The molecule has 8 heteroatoms. The van der Waals surface area contributed by atoms with Gasteiger partial charge in [0.2, 0.25) is 0 Å². The summed E-state index contributed by atoms with van der Waals surface area (Å²) in [7, 11) is 5.71. The second-order valence-electron chi connectivity index (χ2n) is 7.64. The summed E-state index contributed by atoms with van der Waals surface area (Å²) in [4.78, 5) is 27.3. The van der Waals surface area contributed by atoms with Crippen molar-refractivity contribution in [2.75, 3.05) is 41.9 Å². The lowest BCUT2D eigenvalue weighted by molar-refractivity contribution is 0.455. The molecule has 8 nitrogen and oxygen atoms in total. The van der Waals surface area contributed by atoms with Crippen LogP contribution in [0, 0.1) is 0 Å². The van der Waals surface area contributed by atoms with Crippen molar-refractivity contribution >= 4 is 17.5 Å². The van der Waals surface area contributed by atoms with Crippen LogP contribution in [-0.2, 0) is 7.05 Å². The summed E-state index contributed by atoms with van der Waals surface area (Å²) in [5.41, 5.74) is -0.0750. The number of aromatic nitrogens is 4. The first-order valence-corrected chi connectivity index (χ1v) is 9.60. The summed E-state index contributed by atoms with van der Waals surface area (Å²) in [6, 6.07) is 6.59. The van der Waals surface area contributed by atoms with Crippen LogP contribution in [0.25, 0.3) is 0 Å². The number of anilines is 3. The topological polar surface area (TPSA) is 70.4 Å². The van der Waals surface area contributed by atoms with Gasteiger partial charge in [-0.25, -0.2) is 14.6 Å². The molecule has 3 heterocycles. The van der Waals surface area contributed by atoms with Crippen LogP contribution in [0.1, 0.15) is 25.7 Å². The molecule has 0 spiro atoms. The fourth-order valence-corrected chi connectivity index (χ4v) is 3.78. The van der Waals surface area contributed by atoms with Gasteiger partial charge in [-0.3, -0.25) is 4.79 Å². The summed E-state index contributed by atoms with van der Waals surface area (Å²) in [6.45, 7) is 1.87. The Kier molecular flexibility index (Phi) is 4.72. The van der Waals surface area contributed by atoms with E-state index in [4.69, 9.17) is 0 Å². The number of hydrogen-bond donors (Lipinski definition) is 0. The minimum atomic E-state index is -0.0750. The van der Waals surface area contributed by atoms with Crippen molar-refractivity contribution in [3.8, 4) is 0 Å². The first-order chi connectivity index (χ1) is 13.0. The van der Waals surface area contributed by atoms with Crippen molar-refractivity contribution in [3.63, 3.8) is 0 Å². The van der Waals surface area contributed by atoms with Crippen LogP contribution < -0.4 is 20.3 Å². The standard InChI is InChI=1S/C19H27N7O/c1-23(2)17-12-18(21-13-20-17)26(14-4-5-14)15-8-10-25(11-9-15)16-6-7-19(27)24(3)22-16/h6-7,12-15H,4-5,8-11H2,1-3H3. The van der Waals surface area contributed by atoms with Gasteiger partial charge in [0.1, 0.15) is 23.8 Å². The Morgan fingerprint density at radius 3 is 2.30 bits per heavy atom. The van der Waals surface area contributed by atoms with Crippen LogP contribution in [0.3, 0.4) is 0 Å². The quantitative estimate of drug-likeness (QED) is 0.786. The van der Waals surface area contributed by atoms with Crippen LogP contribution in [0.4, 0.5) is 17.5 Å². The molecule has 1 aliphatic carbocycles. The SMILES string of the molecule is CN(C)c1cc(N(C2CC2)C2CCN(c3ccc(=O)n(C)n3)CC2)ncn1. The van der Waals surface area contributed by atoms with Gasteiger partial charge in [0.05, 0.1) is 0 Å². The molecule has 4 rings (SSSR count). The molecular weight excluding hydrogens is 342 g/mol. The maximum Gasteiger partial charge on any atom is 0.266 e. The van der Waals surface area contributed by atoms with Gasteiger partial charge in [-0.1, -0.05) is 0 Å². The number of nitrogens with zero attached hydrogens (tertiary/aromatic N) is 7. The summed E-state index contributed by atoms with van der Waals surface area (Å²) >= 11 is 0. The van der Waals surface area contributed by atoms with Gasteiger partial charge in [-0.15, -0.1) is 0 Å². The average Bonchev–Trinajstić information content (AvgIpc) is 3.50. The summed E-state index contributed by atoms with van der Waals surface area (Å²) in [6.07, 6.45) is 6.27. The molecule has 0 radical (unpaired) electrons. The highest BCUT2D eigenvalue weighted by atomic mass is 16.1. The van der Waals surface area contributed by atoms with Gasteiger partial charge in [0.25, 0.3) is 5.56 Å². The van der Waals surface area contributed by atoms with Gasteiger partial charge in [-0.2, -0.15) is 5.10 Å². The first kappa shape index (κ1) is 17.8. The second kappa shape index (κ2) is 7.17. The van der Waals surface area contributed by atoms with Gasteiger partial charge in [0.15, 0.2) is 0 Å². The van der Waals surface area contributed by atoms with E-state index >= 15 is 0 Å². The lowest BCUT2D eigenvalue weighted by atomic mass is 10.0. The zero-order valence-electron chi connectivity index (χ0n) is 16.2. The lowest BCUT2D eigenvalue weighted by Crippen LogP contribution is -2.47. The molecule has 0 amide bonds. The molecule has 1 aliphatic heterocycles. The van der Waals surface area contributed by atoms with Crippen LogP contribution in [0.15, 0.2) is 29.3 Å². The zero-order chi connectivity index (χ0) is 19.0. The number of hydrogen-bond acceptors (Lipinski definition) is 7. The molecule has 0 unspecified atom stereocenters. The minimum Gasteiger partial charge on any atom is -0.363 e. The highest BCUT2D eigenvalue weighted by Crippen LogP contribution is 2.36. The largest absolute Gasteiger partial charge is 0.363 e. The fraction of sp³-hybridized carbons (Fsp3) is 0.579. The molecule has 2 aliphatic rings. The number of aryl methyl sites for hydroxylation is 1. The molecule has 2 aromatic rings. The number of rotatable bonds is 5. The maximum atomic E-state index is 11.6. The van der Waals surface area contributed by atoms with Crippen LogP contribution in [0.5, 0.6) is 0 Å². The Hall–Kier alpha value is -2.64. The first-order valence-electron chi connectivity index (χ1n) is 9.60. The van der Waals surface area contributed by atoms with Gasteiger partial charge >= 0.3 is 0 Å². The molecule has 0 atom stereocenters. The van der Waals surface area contributed by atoms with E-state index in [1.165, 1.54) is 17.5 Å². The smallest absolute Gasteiger partial charge is 0.266 e. The maximum absolute atomic E-state index is 11.6. The molecule has 2 aromatic heterocycles. The summed E-state index contributed by atoms with van der Waals surface area (Å²) in [5, 5.41) is 4.39. The average molecular weight is 369 g/mol. The lowest BCUT2D eigenvalue weighted by Gasteiger charge is -2.40. The Bertz CT molecular complexity index is 853. The van der Waals surface area contributed by atoms with Crippen molar-refractivity contribution in [3.05, 3.63) is 34.9 Å². The molecule has 2 fully saturated rings. The van der Waals surface area contributed by atoms with E-state index in [9.17, 15) is 4.79 Å². The normalized spacial score (nSPS) is 17.8. The molecule has 144 valence electrons. The van der Waals surface area contributed by atoms with Crippen LogP contribution in [-0.4, -0.2) is 59.0 Å². The van der Waals surface area contributed by atoms with E-state index in [1.54, 1.807) is 19.4 Å². The Balaban J connectivity index is 1.49. The molecule has 0 N–H and O–H groups in total. The van der Waals surface area contributed by atoms with Crippen molar-refractivity contribution in [2.45, 2.75) is 37.8 Å². The number of piperidine rings is 1. The Morgan fingerprint density at radius 2 is 1.67 bits per heavy atom. The van der Waals surface area contributed by atoms with E-state index in [0.717, 1.165) is 43.4 Å². The predicted octanol–water partition coefficient (Wildman–Crippen LogP) is 1.27. The summed E-state index contributed by atoms with van der Waals surface area (Å²) < 4.78 is 1.40. The Labute approximate surface area is 159 Å². The monoisotopic (exact) mass is 369 g/mol. The predicted molar refractivity (Wildman–Crippen MR) is 107 cm³/mol. The van der Waals surface area contributed by atoms with E-state index in [-0.39, 0.29) is 5.56 Å². The molecule has 0 aromatic carbocycles. The third-order valence-electron chi connectivity index (χ3n) is 5.43. The minimum absolute atomic E-state index is 0.0750. The van der Waals surface area contributed by atoms with Crippen molar-refractivity contribution < 1.29 is 0 Å². The molecule has 1 saturated carbocycles. The fourth-order valence-electron chi connectivity index (χ4n) is 3.78. The highest BCUT2D eigenvalue weighted by Gasteiger charge is 2.36. The van der Waals surface area contributed by atoms with Gasteiger partial charge in [-0.05, 0) is 31.7 Å².